The highest BCUT2D eigenvalue weighted by atomic mass is 35.5. The van der Waals surface area contributed by atoms with Crippen LogP contribution in [0.2, 0.25) is 5.02 Å². The van der Waals surface area contributed by atoms with Crippen LogP contribution in [0.3, 0.4) is 0 Å². The fraction of sp³-hybridized carbons (Fsp3) is 0.235. The first-order valence-corrected chi connectivity index (χ1v) is 9.57. The number of nitrogens with one attached hydrogen (secondary N) is 1. The molecule has 7 heteroatoms. The zero-order chi connectivity index (χ0) is 17.2. The van der Waals surface area contributed by atoms with Crippen molar-refractivity contribution in [3.63, 3.8) is 0 Å². The van der Waals surface area contributed by atoms with Gasteiger partial charge in [-0.05, 0) is 48.4 Å². The minimum absolute atomic E-state index is 0.177. The fourth-order valence-corrected chi connectivity index (χ4v) is 4.29. The van der Waals surface area contributed by atoms with E-state index < -0.39 is 10.0 Å². The van der Waals surface area contributed by atoms with E-state index in [2.05, 4.69) is 5.32 Å². The van der Waals surface area contributed by atoms with E-state index in [0.29, 0.717) is 35.8 Å². The number of nitrogens with zero attached hydrogens (tertiary/aromatic N) is 1. The van der Waals surface area contributed by atoms with E-state index >= 15 is 0 Å². The van der Waals surface area contributed by atoms with Crippen molar-refractivity contribution in [3.05, 3.63) is 64.7 Å². The number of halogens is 1. The molecule has 1 fully saturated rings. The maximum Gasteiger partial charge on any atom is 0.251 e. The van der Waals surface area contributed by atoms with Gasteiger partial charge in [0, 0.05) is 23.7 Å². The van der Waals surface area contributed by atoms with E-state index in [1.165, 1.54) is 4.31 Å². The van der Waals surface area contributed by atoms with Gasteiger partial charge in [0.2, 0.25) is 10.0 Å². The molecule has 1 saturated heterocycles. The summed E-state index contributed by atoms with van der Waals surface area (Å²) in [6.07, 6.45) is 0.631. The Morgan fingerprint density at radius 2 is 1.75 bits per heavy atom. The number of carbonyl (C=O) groups excluding carboxylic acids is 1. The fourth-order valence-electron chi connectivity index (χ4n) is 2.60. The molecule has 1 amide bonds. The summed E-state index contributed by atoms with van der Waals surface area (Å²) in [6, 6.07) is 13.9. The Bertz CT molecular complexity index is 833. The van der Waals surface area contributed by atoms with Crippen molar-refractivity contribution < 1.29 is 13.2 Å². The van der Waals surface area contributed by atoms with Crippen LogP contribution in [0.25, 0.3) is 0 Å². The van der Waals surface area contributed by atoms with E-state index in [-0.39, 0.29) is 11.7 Å². The molecule has 2 aromatic rings. The Hall–Kier alpha value is -2.05. The van der Waals surface area contributed by atoms with Gasteiger partial charge < -0.3 is 5.32 Å². The summed E-state index contributed by atoms with van der Waals surface area (Å²) < 4.78 is 25.2. The Morgan fingerprint density at radius 1 is 1.08 bits per heavy atom. The van der Waals surface area contributed by atoms with Gasteiger partial charge in [0.05, 0.1) is 11.4 Å². The van der Waals surface area contributed by atoms with Gasteiger partial charge >= 0.3 is 0 Å². The monoisotopic (exact) mass is 364 g/mol. The van der Waals surface area contributed by atoms with Crippen LogP contribution in [0.15, 0.2) is 48.5 Å². The van der Waals surface area contributed by atoms with Gasteiger partial charge in [-0.15, -0.1) is 0 Å². The molecule has 0 aromatic heterocycles. The normalized spacial score (nSPS) is 16.1. The Balaban J connectivity index is 1.64. The molecule has 0 unspecified atom stereocenters. The van der Waals surface area contributed by atoms with Crippen LogP contribution in [0, 0.1) is 0 Å². The molecule has 0 bridgehead atoms. The summed E-state index contributed by atoms with van der Waals surface area (Å²) in [7, 11) is -3.20. The minimum Gasteiger partial charge on any atom is -0.348 e. The van der Waals surface area contributed by atoms with Gasteiger partial charge in [-0.2, -0.15) is 0 Å². The van der Waals surface area contributed by atoms with E-state index in [4.69, 9.17) is 11.6 Å². The number of sulfonamides is 1. The maximum atomic E-state index is 12.2. The van der Waals surface area contributed by atoms with Crippen molar-refractivity contribution in [2.75, 3.05) is 16.6 Å². The third-order valence-electron chi connectivity index (χ3n) is 3.88. The average Bonchev–Trinajstić information content (AvgIpc) is 2.93. The third kappa shape index (κ3) is 3.71. The number of amides is 1. The number of rotatable bonds is 4. The second-order valence-electron chi connectivity index (χ2n) is 5.60. The van der Waals surface area contributed by atoms with Crippen molar-refractivity contribution in [3.8, 4) is 0 Å². The standard InChI is InChI=1S/C17H17ClN2O3S/c18-15-6-2-13(3-7-15)12-19-17(21)14-4-8-16(9-5-14)20-10-1-11-24(20,22)23/h2-9H,1,10-12H2,(H,19,21). The lowest BCUT2D eigenvalue weighted by Gasteiger charge is -2.17. The molecule has 0 saturated carbocycles. The zero-order valence-corrected chi connectivity index (χ0v) is 14.5. The van der Waals surface area contributed by atoms with Crippen molar-refractivity contribution >= 4 is 33.2 Å². The van der Waals surface area contributed by atoms with Crippen LogP contribution in [-0.4, -0.2) is 26.6 Å². The van der Waals surface area contributed by atoms with Crippen molar-refractivity contribution in [2.45, 2.75) is 13.0 Å². The molecule has 0 aliphatic carbocycles. The molecule has 0 radical (unpaired) electrons. The zero-order valence-electron chi connectivity index (χ0n) is 12.9. The quantitative estimate of drug-likeness (QED) is 0.907. The first kappa shape index (κ1) is 16.8. The lowest BCUT2D eigenvalue weighted by atomic mass is 10.1. The molecule has 1 aliphatic rings. The molecule has 5 nitrogen and oxygen atoms in total. The number of hydrogen-bond acceptors (Lipinski definition) is 3. The minimum atomic E-state index is -3.20. The van der Waals surface area contributed by atoms with Crippen LogP contribution >= 0.6 is 11.6 Å². The molecule has 0 atom stereocenters. The number of anilines is 1. The molecule has 3 rings (SSSR count). The Morgan fingerprint density at radius 3 is 2.33 bits per heavy atom. The second-order valence-corrected chi connectivity index (χ2v) is 8.05. The predicted molar refractivity (Wildman–Crippen MR) is 94.8 cm³/mol. The third-order valence-corrected chi connectivity index (χ3v) is 6.00. The highest BCUT2D eigenvalue weighted by Crippen LogP contribution is 2.24. The second kappa shape index (κ2) is 6.83. The number of benzene rings is 2. The summed E-state index contributed by atoms with van der Waals surface area (Å²) in [5.74, 6) is -0.0307. The number of hydrogen-bond donors (Lipinski definition) is 1. The Kier molecular flexibility index (Phi) is 4.78. The van der Waals surface area contributed by atoms with Crippen LogP contribution in [-0.2, 0) is 16.6 Å². The van der Waals surface area contributed by atoms with Crippen LogP contribution in [0.4, 0.5) is 5.69 Å². The highest BCUT2D eigenvalue weighted by Gasteiger charge is 2.28. The summed E-state index contributed by atoms with van der Waals surface area (Å²) in [4.78, 5) is 12.2. The van der Waals surface area contributed by atoms with Crippen molar-refractivity contribution in [2.24, 2.45) is 0 Å². The summed E-state index contributed by atoms with van der Waals surface area (Å²) in [5, 5.41) is 3.48. The maximum absolute atomic E-state index is 12.2. The molecule has 126 valence electrons. The van der Waals surface area contributed by atoms with E-state index in [1.54, 1.807) is 36.4 Å². The SMILES string of the molecule is O=C(NCc1ccc(Cl)cc1)c1ccc(N2CCCS2(=O)=O)cc1. The van der Waals surface area contributed by atoms with E-state index in [9.17, 15) is 13.2 Å². The molecular weight excluding hydrogens is 348 g/mol. The predicted octanol–water partition coefficient (Wildman–Crippen LogP) is 2.81. The largest absolute Gasteiger partial charge is 0.348 e. The molecule has 24 heavy (non-hydrogen) atoms. The van der Waals surface area contributed by atoms with Gasteiger partial charge in [0.15, 0.2) is 0 Å². The van der Waals surface area contributed by atoms with Crippen LogP contribution in [0.5, 0.6) is 0 Å². The first-order valence-electron chi connectivity index (χ1n) is 7.59. The van der Waals surface area contributed by atoms with E-state index in [0.717, 1.165) is 5.56 Å². The first-order chi connectivity index (χ1) is 11.5. The van der Waals surface area contributed by atoms with Gasteiger partial charge in [-0.3, -0.25) is 9.10 Å². The molecular formula is C17H17ClN2O3S. The lowest BCUT2D eigenvalue weighted by Crippen LogP contribution is -2.25. The van der Waals surface area contributed by atoms with Crippen LogP contribution < -0.4 is 9.62 Å². The average molecular weight is 365 g/mol. The molecule has 2 aromatic carbocycles. The van der Waals surface area contributed by atoms with Gasteiger partial charge in [0.25, 0.3) is 5.91 Å². The highest BCUT2D eigenvalue weighted by molar-refractivity contribution is 7.93. The van der Waals surface area contributed by atoms with Gasteiger partial charge in [0.1, 0.15) is 0 Å². The Labute approximate surface area is 146 Å². The number of carbonyl (C=O) groups is 1. The summed E-state index contributed by atoms with van der Waals surface area (Å²) in [6.45, 7) is 0.892. The molecule has 1 aliphatic heterocycles. The van der Waals surface area contributed by atoms with Gasteiger partial charge in [-0.25, -0.2) is 8.42 Å². The summed E-state index contributed by atoms with van der Waals surface area (Å²) in [5.41, 5.74) is 2.04. The lowest BCUT2D eigenvalue weighted by molar-refractivity contribution is 0.0951. The van der Waals surface area contributed by atoms with Crippen molar-refractivity contribution in [1.29, 1.82) is 0 Å². The molecule has 0 spiro atoms. The summed E-state index contributed by atoms with van der Waals surface area (Å²) >= 11 is 5.82. The van der Waals surface area contributed by atoms with Crippen LogP contribution in [0.1, 0.15) is 22.3 Å². The van der Waals surface area contributed by atoms with Gasteiger partial charge in [-0.1, -0.05) is 23.7 Å². The topological polar surface area (TPSA) is 66.5 Å². The smallest absolute Gasteiger partial charge is 0.251 e. The molecule has 1 N–H and O–H groups in total. The van der Waals surface area contributed by atoms with Crippen molar-refractivity contribution in [1.82, 2.24) is 5.32 Å². The van der Waals surface area contributed by atoms with E-state index in [1.807, 2.05) is 12.1 Å². The molecule has 1 heterocycles.